The van der Waals surface area contributed by atoms with E-state index < -0.39 is 48.4 Å². The number of nitrogens with zero attached hydrogens (tertiary/aromatic N) is 6. The molecule has 5 fully saturated rings. The molecular formula is C72H96N10O17. The van der Waals surface area contributed by atoms with Crippen molar-refractivity contribution in [3.8, 4) is 0 Å². The number of likely N-dealkylation sites (tertiary alicyclic amines) is 4. The van der Waals surface area contributed by atoms with Gasteiger partial charge in [-0.2, -0.15) is 0 Å². The number of aliphatic hydroxyl groups is 2. The second-order valence-corrected chi connectivity index (χ2v) is 24.4. The van der Waals surface area contributed by atoms with Crippen LogP contribution < -0.4 is 21.7 Å². The first kappa shape index (κ1) is 78.3. The van der Waals surface area contributed by atoms with Gasteiger partial charge in [0.05, 0.1) is 36.7 Å². The average molecular weight is 1370 g/mol. The van der Waals surface area contributed by atoms with Crippen LogP contribution in [0.5, 0.6) is 0 Å². The number of ether oxygens (including phenoxy) is 4. The minimum atomic E-state index is -0.968. The number of carboxylic acids is 1. The molecule has 27 nitrogen and oxygen atoms in total. The molecular weight excluding hydrogens is 1280 g/mol. The number of aliphatic carboxylic acids is 1. The number of carboxylic acid groups (broad SMARTS) is 1. The largest absolute Gasteiger partial charge is 0.480 e. The fraction of sp³-hybridized carbons (Fsp3) is 0.472. The van der Waals surface area contributed by atoms with Gasteiger partial charge in [0.25, 0.3) is 0 Å². The van der Waals surface area contributed by atoms with Gasteiger partial charge >= 0.3 is 30.3 Å². The van der Waals surface area contributed by atoms with Gasteiger partial charge in [0.2, 0.25) is 23.6 Å². The van der Waals surface area contributed by atoms with Crippen LogP contribution in [0.3, 0.4) is 0 Å². The molecule has 0 saturated carbocycles. The lowest BCUT2D eigenvalue weighted by molar-refractivity contribution is -0.141. The molecule has 11 rings (SSSR count). The molecule has 5 saturated heterocycles. The Morgan fingerprint density at radius 3 is 1.25 bits per heavy atom. The number of aldehydes is 1. The Bertz CT molecular complexity index is 3390. The lowest BCUT2D eigenvalue weighted by atomic mass is 10.2. The van der Waals surface area contributed by atoms with Gasteiger partial charge in [-0.1, -0.05) is 121 Å². The highest BCUT2D eigenvalue weighted by molar-refractivity contribution is 5.88. The van der Waals surface area contributed by atoms with Crippen LogP contribution in [0.2, 0.25) is 0 Å². The van der Waals surface area contributed by atoms with E-state index in [-0.39, 0.29) is 75.7 Å². The Morgan fingerprint density at radius 1 is 0.535 bits per heavy atom. The quantitative estimate of drug-likeness (QED) is 0.0312. The van der Waals surface area contributed by atoms with Gasteiger partial charge in [-0.25, -0.2) is 33.9 Å². The Morgan fingerprint density at radius 2 is 0.899 bits per heavy atom. The van der Waals surface area contributed by atoms with Gasteiger partial charge < -0.3 is 69.6 Å². The first-order valence-electron chi connectivity index (χ1n) is 33.5. The van der Waals surface area contributed by atoms with Crippen LogP contribution in [0.15, 0.2) is 143 Å². The van der Waals surface area contributed by atoms with Gasteiger partial charge in [0.1, 0.15) is 69.4 Å². The van der Waals surface area contributed by atoms with Crippen LogP contribution in [0.25, 0.3) is 0 Å². The number of oxazole rings is 2. The molecule has 3 unspecified atom stereocenters. The normalized spacial score (nSPS) is 19.0. The van der Waals surface area contributed by atoms with Crippen LogP contribution in [0, 0.1) is 13.8 Å². The maximum atomic E-state index is 12.2. The Hall–Kier alpha value is -9.70. The molecule has 8 atom stereocenters. The number of amides is 6. The smallest absolute Gasteiger partial charge is 0.410 e. The number of aryl methyl sites for hydroxylation is 2. The predicted octanol–water partition coefficient (Wildman–Crippen LogP) is 8.84. The third-order valence-electron chi connectivity index (χ3n) is 16.1. The average Bonchev–Trinajstić information content (AvgIpc) is 1.72. The molecule has 2 aromatic heterocycles. The molecule has 5 aliphatic rings. The Balaban J connectivity index is 0.000000194. The van der Waals surface area contributed by atoms with Gasteiger partial charge in [-0.05, 0) is 128 Å². The van der Waals surface area contributed by atoms with Crippen LogP contribution in [0.4, 0.5) is 19.2 Å². The van der Waals surface area contributed by atoms with Crippen LogP contribution in [0.1, 0.15) is 142 Å². The summed E-state index contributed by atoms with van der Waals surface area (Å²) in [6, 6.07) is 35.2. The second kappa shape index (κ2) is 42.2. The zero-order chi connectivity index (χ0) is 71.5. The van der Waals surface area contributed by atoms with E-state index in [4.69, 9.17) is 48.8 Å². The van der Waals surface area contributed by atoms with E-state index in [1.165, 1.54) is 21.1 Å². The number of aromatic nitrogens is 2. The monoisotopic (exact) mass is 1370 g/mol. The molecule has 6 aromatic rings. The molecule has 0 spiro atoms. The van der Waals surface area contributed by atoms with Gasteiger partial charge in [-0.3, -0.25) is 29.2 Å². The number of carbonyl (C=O) groups is 8. The van der Waals surface area contributed by atoms with E-state index in [2.05, 4.69) is 25.9 Å². The molecule has 6 amide bonds. The van der Waals surface area contributed by atoms with Crippen molar-refractivity contribution in [1.82, 2.24) is 45.5 Å². The zero-order valence-corrected chi connectivity index (χ0v) is 57.1. The highest BCUT2D eigenvalue weighted by Crippen LogP contribution is 2.32. The van der Waals surface area contributed by atoms with E-state index in [0.29, 0.717) is 70.1 Å². The van der Waals surface area contributed by atoms with Gasteiger partial charge in [0, 0.05) is 38.3 Å². The molecule has 0 aliphatic carbocycles. The van der Waals surface area contributed by atoms with E-state index >= 15 is 0 Å². The standard InChI is InChI=1S/C16H22N2O4.C16H20N2O4.C16H18N2O3.C13H15NO4.C8H12N2O.C3H9NO/c2*1-12(10-19)17-15(20)14-8-5-9-18(14)16(21)22-11-13-6-3-2-4-7-13;1-12-10-20-15(17-12)14-8-5-9-18(14)16(19)21-11-13-6-3-2-4-7-13;15-12(16)11-7-4-8-14(11)13(17)18-9-10-5-2-1-3-6-10;1-6-5-11-8(10-6)7-3-2-4-9-7;1-3(4)2-5/h2-4,6-7,12,14,19H,5,8-11H2,1H3,(H,17,20);2-4,6-7,10,12,14H,5,8-9,11H2,1H3,(H,17,20);2-4,6-7,10,14H,5,8-9,11H2,1H3;1-3,5-6,11H,4,7-9H2,(H,15,16);5,7,9H,2-4H2,1H3;3,5H,2,4H2,1H3/t2*12?,14-;14-;11-;7-;/m00000./s1. The zero-order valence-electron chi connectivity index (χ0n) is 57.1. The van der Waals surface area contributed by atoms with Crippen molar-refractivity contribution in [2.45, 2.75) is 174 Å². The summed E-state index contributed by atoms with van der Waals surface area (Å²) in [5, 5.41) is 34.6. The summed E-state index contributed by atoms with van der Waals surface area (Å²) < 4.78 is 31.8. The number of nitrogens with two attached hydrogens (primary N) is 1. The van der Waals surface area contributed by atoms with E-state index in [1.807, 2.05) is 135 Å². The summed E-state index contributed by atoms with van der Waals surface area (Å²) in [6.45, 7) is 12.9. The maximum Gasteiger partial charge on any atom is 0.410 e. The molecule has 0 radical (unpaired) electrons. The molecule has 99 heavy (non-hydrogen) atoms. The molecule has 8 N–H and O–H groups in total. The summed E-state index contributed by atoms with van der Waals surface area (Å²) in [5.41, 5.74) is 10.5. The van der Waals surface area contributed by atoms with Crippen molar-refractivity contribution in [3.05, 3.63) is 179 Å². The minimum absolute atomic E-state index is 0.0602. The van der Waals surface area contributed by atoms with E-state index in [1.54, 1.807) is 38.2 Å². The van der Waals surface area contributed by atoms with Gasteiger partial charge in [0.15, 0.2) is 0 Å². The number of hydrogen-bond acceptors (Lipinski definition) is 20. The Labute approximate surface area is 577 Å². The lowest BCUT2D eigenvalue weighted by Gasteiger charge is -2.24. The highest BCUT2D eigenvalue weighted by atomic mass is 16.6. The summed E-state index contributed by atoms with van der Waals surface area (Å²) in [4.78, 5) is 109. The number of nitrogens with one attached hydrogen (secondary N) is 3. The molecule has 27 heteroatoms. The number of aliphatic hydroxyl groups excluding tert-OH is 2. The SMILES string of the molecule is CC(C=O)NC(=O)[C@@H]1CCCN1C(=O)OCc1ccccc1.CC(CO)NC(=O)[C@@H]1CCCN1C(=O)OCc1ccccc1.CC(N)CO.Cc1coc([C@@H]2CCCN2)n1.Cc1coc([C@@H]2CCCN2C(=O)OCc2ccccc2)n1.O=C(O)[C@@H]1CCCN1C(=O)OCc1ccccc1. The predicted molar refractivity (Wildman–Crippen MR) is 364 cm³/mol. The molecule has 5 aliphatic heterocycles. The van der Waals surface area contributed by atoms with Crippen LogP contribution >= 0.6 is 0 Å². The van der Waals surface area contributed by atoms with Crippen LogP contribution in [-0.4, -0.2) is 176 Å². The van der Waals surface area contributed by atoms with Crippen molar-refractivity contribution in [1.29, 1.82) is 0 Å². The molecule has 0 bridgehead atoms. The number of benzene rings is 4. The fourth-order valence-electron chi connectivity index (χ4n) is 10.9. The fourth-order valence-corrected chi connectivity index (χ4v) is 10.9. The van der Waals surface area contributed by atoms with Crippen molar-refractivity contribution in [3.63, 3.8) is 0 Å². The summed E-state index contributed by atoms with van der Waals surface area (Å²) in [5.74, 6) is -0.0738. The number of hydrogen-bond donors (Lipinski definition) is 7. The number of carbonyl (C=O) groups excluding carboxylic acids is 7. The summed E-state index contributed by atoms with van der Waals surface area (Å²) in [7, 11) is 0. The minimum Gasteiger partial charge on any atom is -0.480 e. The first-order chi connectivity index (χ1) is 47.8. The van der Waals surface area contributed by atoms with Gasteiger partial charge in [-0.15, -0.1) is 0 Å². The maximum absolute atomic E-state index is 12.2. The first-order valence-corrected chi connectivity index (χ1v) is 33.5. The van der Waals surface area contributed by atoms with Crippen molar-refractivity contribution >= 4 is 48.4 Å². The van der Waals surface area contributed by atoms with Crippen molar-refractivity contribution in [2.24, 2.45) is 5.73 Å². The lowest BCUT2D eigenvalue weighted by Crippen LogP contribution is -2.49. The molecule has 4 aromatic carbocycles. The van der Waals surface area contributed by atoms with E-state index in [0.717, 1.165) is 78.2 Å². The number of rotatable bonds is 18. The highest BCUT2D eigenvalue weighted by Gasteiger charge is 2.38. The molecule has 536 valence electrons. The van der Waals surface area contributed by atoms with Crippen molar-refractivity contribution < 1.29 is 81.5 Å². The van der Waals surface area contributed by atoms with E-state index in [9.17, 15) is 38.4 Å². The molecule has 7 heterocycles. The third kappa shape index (κ3) is 26.6. The Kier molecular flexibility index (Phi) is 33.4. The van der Waals surface area contributed by atoms with Crippen LogP contribution in [-0.2, 0) is 64.6 Å². The summed E-state index contributed by atoms with van der Waals surface area (Å²) >= 11 is 0. The third-order valence-corrected chi connectivity index (χ3v) is 16.1. The second-order valence-electron chi connectivity index (χ2n) is 24.4. The van der Waals surface area contributed by atoms with Crippen molar-refractivity contribution in [2.75, 3.05) is 45.9 Å². The topological polar surface area (TPSA) is 361 Å². The summed E-state index contributed by atoms with van der Waals surface area (Å²) in [6.07, 6.45) is 10.2.